The van der Waals surface area contributed by atoms with Gasteiger partial charge in [0.15, 0.2) is 0 Å². The van der Waals surface area contributed by atoms with Gasteiger partial charge in [-0.05, 0) is 38.0 Å². The quantitative estimate of drug-likeness (QED) is 0.786. The number of rotatable bonds is 3. The number of hydrogen-bond donors (Lipinski definition) is 2. The number of nitrogens with one attached hydrogen (secondary N) is 1. The summed E-state index contributed by atoms with van der Waals surface area (Å²) in [7, 11) is 0. The highest BCUT2D eigenvalue weighted by Crippen LogP contribution is 2.57. The van der Waals surface area contributed by atoms with Crippen LogP contribution >= 0.6 is 0 Å². The molecule has 3 rings (SSSR count). The summed E-state index contributed by atoms with van der Waals surface area (Å²) in [5.74, 6) is 1.46. The van der Waals surface area contributed by atoms with Crippen molar-refractivity contribution in [1.29, 1.82) is 0 Å². The number of fused-ring (bicyclic) bond motifs is 1. The number of ether oxygens (including phenoxy) is 1. The Kier molecular flexibility index (Phi) is 4.37. The van der Waals surface area contributed by atoms with Crippen molar-refractivity contribution < 1.29 is 4.74 Å². The van der Waals surface area contributed by atoms with Crippen molar-refractivity contribution in [3.05, 3.63) is 0 Å². The lowest BCUT2D eigenvalue weighted by molar-refractivity contribution is -0.226. The lowest BCUT2D eigenvalue weighted by Gasteiger charge is -2.67. The van der Waals surface area contributed by atoms with Crippen LogP contribution in [0.4, 0.5) is 0 Å². The molecule has 2 aliphatic carbocycles. The molecule has 0 aromatic carbocycles. The van der Waals surface area contributed by atoms with Gasteiger partial charge in [0.2, 0.25) is 0 Å². The van der Waals surface area contributed by atoms with E-state index in [9.17, 15) is 0 Å². The molecule has 0 aromatic rings. The molecule has 0 aromatic heterocycles. The average Bonchev–Trinajstić information content (AvgIpc) is 2.69. The molecule has 1 saturated heterocycles. The zero-order valence-corrected chi connectivity index (χ0v) is 14.2. The van der Waals surface area contributed by atoms with Crippen LogP contribution in [-0.2, 0) is 4.74 Å². The second kappa shape index (κ2) is 5.82. The van der Waals surface area contributed by atoms with Crippen molar-refractivity contribution in [2.45, 2.75) is 83.4 Å². The van der Waals surface area contributed by atoms with Gasteiger partial charge < -0.3 is 15.8 Å². The van der Waals surface area contributed by atoms with Crippen LogP contribution in [0.2, 0.25) is 0 Å². The van der Waals surface area contributed by atoms with Gasteiger partial charge in [-0.1, -0.05) is 33.6 Å². The summed E-state index contributed by atoms with van der Waals surface area (Å²) in [6, 6.07) is 0.676. The number of nitrogens with two attached hydrogens (primary N) is 1. The van der Waals surface area contributed by atoms with Gasteiger partial charge in [0, 0.05) is 36.1 Å². The fraction of sp³-hybridized carbons (Fsp3) is 1.00. The van der Waals surface area contributed by atoms with Crippen molar-refractivity contribution >= 4 is 0 Å². The Hall–Kier alpha value is -0.120. The van der Waals surface area contributed by atoms with Crippen LogP contribution in [0.3, 0.4) is 0 Å². The summed E-state index contributed by atoms with van der Waals surface area (Å²) in [4.78, 5) is 0. The van der Waals surface area contributed by atoms with Gasteiger partial charge in [-0.2, -0.15) is 0 Å². The second-order valence-electron chi connectivity index (χ2n) is 8.49. The minimum atomic E-state index is -0.0873. The van der Waals surface area contributed by atoms with E-state index in [1.165, 1.54) is 44.9 Å². The maximum atomic E-state index is 6.88. The molecular weight excluding hydrogens is 260 g/mol. The molecule has 5 atom stereocenters. The van der Waals surface area contributed by atoms with Crippen molar-refractivity contribution in [3.63, 3.8) is 0 Å². The first kappa shape index (κ1) is 15.8. The summed E-state index contributed by atoms with van der Waals surface area (Å²) in [5.41, 5.74) is 6.89. The summed E-state index contributed by atoms with van der Waals surface area (Å²) in [6.45, 7) is 8.89. The standard InChI is InChI=1S/C18H34N2O/c1-13-6-4-7-14(10-9-13)20-12-18(19)15-8-5-11-21-16(15)17(18,2)3/h13-16,20H,4-12,19H2,1-3H3. The molecule has 0 spiro atoms. The van der Waals surface area contributed by atoms with Crippen LogP contribution in [0.25, 0.3) is 0 Å². The van der Waals surface area contributed by atoms with Gasteiger partial charge in [-0.25, -0.2) is 0 Å². The molecule has 0 amide bonds. The molecule has 3 fully saturated rings. The van der Waals surface area contributed by atoms with Gasteiger partial charge >= 0.3 is 0 Å². The smallest absolute Gasteiger partial charge is 0.0690 e. The maximum absolute atomic E-state index is 6.88. The van der Waals surface area contributed by atoms with Gasteiger partial charge in [0.25, 0.3) is 0 Å². The van der Waals surface area contributed by atoms with Crippen molar-refractivity contribution in [2.24, 2.45) is 23.0 Å². The van der Waals surface area contributed by atoms with E-state index in [2.05, 4.69) is 26.1 Å². The molecule has 3 N–H and O–H groups in total. The molecule has 1 heterocycles. The molecule has 5 unspecified atom stereocenters. The van der Waals surface area contributed by atoms with E-state index in [-0.39, 0.29) is 11.0 Å². The first-order valence-electron chi connectivity index (χ1n) is 9.09. The van der Waals surface area contributed by atoms with Crippen LogP contribution in [0, 0.1) is 17.3 Å². The molecule has 2 saturated carbocycles. The minimum Gasteiger partial charge on any atom is -0.377 e. The molecular formula is C18H34N2O. The fourth-order valence-corrected chi connectivity index (χ4v) is 5.03. The molecule has 122 valence electrons. The van der Waals surface area contributed by atoms with Crippen LogP contribution in [0.15, 0.2) is 0 Å². The summed E-state index contributed by atoms with van der Waals surface area (Å²) in [5, 5.41) is 3.83. The van der Waals surface area contributed by atoms with Crippen LogP contribution in [-0.4, -0.2) is 30.8 Å². The highest BCUT2D eigenvalue weighted by molar-refractivity contribution is 5.20. The predicted molar refractivity (Wildman–Crippen MR) is 87.2 cm³/mol. The third-order valence-corrected chi connectivity index (χ3v) is 6.84. The van der Waals surface area contributed by atoms with Crippen molar-refractivity contribution in [2.75, 3.05) is 13.2 Å². The topological polar surface area (TPSA) is 47.3 Å². The first-order chi connectivity index (χ1) is 9.95. The van der Waals surface area contributed by atoms with Crippen LogP contribution < -0.4 is 11.1 Å². The first-order valence-corrected chi connectivity index (χ1v) is 9.09. The molecule has 3 aliphatic rings. The lowest BCUT2D eigenvalue weighted by Crippen LogP contribution is -2.80. The minimum absolute atomic E-state index is 0.0873. The highest BCUT2D eigenvalue weighted by Gasteiger charge is 2.66. The Morgan fingerprint density at radius 3 is 2.71 bits per heavy atom. The molecule has 0 bridgehead atoms. The third-order valence-electron chi connectivity index (χ3n) is 6.84. The SMILES string of the molecule is CC1CCCC(NCC2(N)C3CCCOC3C2(C)C)CC1. The van der Waals surface area contributed by atoms with Gasteiger partial charge in [-0.15, -0.1) is 0 Å². The Morgan fingerprint density at radius 1 is 1.10 bits per heavy atom. The zero-order chi connectivity index (χ0) is 15.1. The third kappa shape index (κ3) is 2.66. The van der Waals surface area contributed by atoms with Crippen molar-refractivity contribution in [1.82, 2.24) is 5.32 Å². The van der Waals surface area contributed by atoms with Gasteiger partial charge in [-0.3, -0.25) is 0 Å². The normalized spacial score (nSPS) is 46.3. The van der Waals surface area contributed by atoms with E-state index >= 15 is 0 Å². The van der Waals surface area contributed by atoms with Crippen molar-refractivity contribution in [3.8, 4) is 0 Å². The molecule has 1 aliphatic heterocycles. The van der Waals surface area contributed by atoms with E-state index in [4.69, 9.17) is 10.5 Å². The molecule has 0 radical (unpaired) electrons. The average molecular weight is 294 g/mol. The van der Waals surface area contributed by atoms with Gasteiger partial charge in [0.1, 0.15) is 0 Å². The second-order valence-corrected chi connectivity index (χ2v) is 8.49. The predicted octanol–water partition coefficient (Wildman–Crippen LogP) is 3.08. The summed E-state index contributed by atoms with van der Waals surface area (Å²) < 4.78 is 6.01. The molecule has 3 heteroatoms. The van der Waals surface area contributed by atoms with E-state index in [0.717, 1.165) is 19.1 Å². The lowest BCUT2D eigenvalue weighted by atomic mass is 9.46. The van der Waals surface area contributed by atoms with E-state index in [0.29, 0.717) is 18.1 Å². The largest absolute Gasteiger partial charge is 0.377 e. The zero-order valence-electron chi connectivity index (χ0n) is 14.2. The van der Waals surface area contributed by atoms with E-state index in [1.807, 2.05) is 0 Å². The Balaban J connectivity index is 1.58. The molecule has 3 nitrogen and oxygen atoms in total. The van der Waals surface area contributed by atoms with Crippen LogP contribution in [0.5, 0.6) is 0 Å². The Bertz CT molecular complexity index is 370. The van der Waals surface area contributed by atoms with Crippen LogP contribution in [0.1, 0.15) is 65.7 Å². The highest BCUT2D eigenvalue weighted by atomic mass is 16.5. The van der Waals surface area contributed by atoms with E-state index < -0.39 is 0 Å². The monoisotopic (exact) mass is 294 g/mol. The van der Waals surface area contributed by atoms with Gasteiger partial charge in [0.05, 0.1) is 6.10 Å². The Morgan fingerprint density at radius 2 is 1.90 bits per heavy atom. The van der Waals surface area contributed by atoms with E-state index in [1.54, 1.807) is 0 Å². The molecule has 21 heavy (non-hydrogen) atoms. The summed E-state index contributed by atoms with van der Waals surface area (Å²) >= 11 is 0. The fourth-order valence-electron chi connectivity index (χ4n) is 5.03. The number of hydrogen-bond acceptors (Lipinski definition) is 3. The summed E-state index contributed by atoms with van der Waals surface area (Å²) in [6.07, 6.45) is 9.59. The maximum Gasteiger partial charge on any atom is 0.0690 e. The Labute approximate surface area is 130 Å².